The van der Waals surface area contributed by atoms with Crippen LogP contribution in [0.15, 0.2) is 5.10 Å². The fourth-order valence-electron chi connectivity index (χ4n) is 0.427. The number of nitrogens with two attached hydrogens (primary N) is 3. The second-order valence-electron chi connectivity index (χ2n) is 1.77. The molecule has 0 aliphatic carbocycles. The lowest BCUT2D eigenvalue weighted by Crippen LogP contribution is -2.18. The molecule has 0 aromatic heterocycles. The molecule has 0 fully saturated rings. The van der Waals surface area contributed by atoms with Gasteiger partial charge in [0.25, 0.3) is 0 Å². The molecule has 0 aliphatic heterocycles. The van der Waals surface area contributed by atoms with Gasteiger partial charge in [0, 0.05) is 13.0 Å². The van der Waals surface area contributed by atoms with Gasteiger partial charge in [-0.25, -0.2) is 0 Å². The molecule has 0 aliphatic rings. The maximum atomic E-state index is 5.27. The molecule has 60 valence electrons. The first-order valence-electron chi connectivity index (χ1n) is 3.11. The summed E-state index contributed by atoms with van der Waals surface area (Å²) >= 11 is 0. The molecule has 10 heavy (non-hydrogen) atoms. The maximum absolute atomic E-state index is 5.27. The van der Waals surface area contributed by atoms with Gasteiger partial charge in [-0.15, -0.1) is 0 Å². The number of amidine groups is 1. The van der Waals surface area contributed by atoms with Crippen LogP contribution in [0.5, 0.6) is 0 Å². The zero-order valence-electron chi connectivity index (χ0n) is 5.92. The van der Waals surface area contributed by atoms with Crippen LogP contribution in [0.4, 0.5) is 0 Å². The lowest BCUT2D eigenvalue weighted by atomic mass is 10.4. The first-order valence-corrected chi connectivity index (χ1v) is 3.11. The predicted molar refractivity (Wildman–Crippen MR) is 40.3 cm³/mol. The minimum Gasteiger partial charge on any atom is -0.386 e. The van der Waals surface area contributed by atoms with E-state index in [1.807, 2.05) is 0 Å². The van der Waals surface area contributed by atoms with Crippen molar-refractivity contribution in [2.45, 2.75) is 6.42 Å². The largest absolute Gasteiger partial charge is 0.386 e. The van der Waals surface area contributed by atoms with E-state index in [0.29, 0.717) is 32.0 Å². The van der Waals surface area contributed by atoms with Gasteiger partial charge in [-0.3, -0.25) is 0 Å². The zero-order chi connectivity index (χ0) is 7.82. The van der Waals surface area contributed by atoms with Gasteiger partial charge in [0.15, 0.2) is 0 Å². The molecule has 0 saturated carbocycles. The summed E-state index contributed by atoms with van der Waals surface area (Å²) in [4.78, 5) is 0. The molecule has 0 radical (unpaired) electrons. The summed E-state index contributed by atoms with van der Waals surface area (Å²) < 4.78 is 5.01. The summed E-state index contributed by atoms with van der Waals surface area (Å²) in [5, 5.41) is 3.27. The van der Waals surface area contributed by atoms with Gasteiger partial charge in [0.05, 0.1) is 13.2 Å². The van der Waals surface area contributed by atoms with E-state index in [1.165, 1.54) is 0 Å². The van der Waals surface area contributed by atoms with Crippen molar-refractivity contribution in [3.05, 3.63) is 0 Å². The number of hydrazone groups is 1. The molecule has 0 saturated heterocycles. The maximum Gasteiger partial charge on any atom is 0.121 e. The number of nitrogens with zero attached hydrogens (tertiary/aromatic N) is 1. The molecular weight excluding hydrogens is 132 g/mol. The fourth-order valence-corrected chi connectivity index (χ4v) is 0.427. The van der Waals surface area contributed by atoms with Gasteiger partial charge in [0.1, 0.15) is 5.84 Å². The van der Waals surface area contributed by atoms with Crippen LogP contribution in [0.25, 0.3) is 0 Å². The first kappa shape index (κ1) is 9.19. The molecule has 0 atom stereocenters. The van der Waals surface area contributed by atoms with E-state index in [-0.39, 0.29) is 0 Å². The Morgan fingerprint density at radius 3 is 2.60 bits per heavy atom. The summed E-state index contributed by atoms with van der Waals surface area (Å²) in [6.07, 6.45) is 0.566. The van der Waals surface area contributed by atoms with Crippen molar-refractivity contribution in [3.63, 3.8) is 0 Å². The average Bonchev–Trinajstić information content (AvgIpc) is 1.98. The van der Waals surface area contributed by atoms with Crippen molar-refractivity contribution in [3.8, 4) is 0 Å². The van der Waals surface area contributed by atoms with Crippen molar-refractivity contribution < 1.29 is 4.74 Å². The smallest absolute Gasteiger partial charge is 0.121 e. The molecule has 5 nitrogen and oxygen atoms in total. The Balaban J connectivity index is 3.04. The van der Waals surface area contributed by atoms with Crippen LogP contribution >= 0.6 is 0 Å². The van der Waals surface area contributed by atoms with Crippen molar-refractivity contribution >= 4 is 5.84 Å². The highest BCUT2D eigenvalue weighted by molar-refractivity contribution is 5.79. The Bertz CT molecular complexity index is 104. The fraction of sp³-hybridized carbons (Fsp3) is 0.800. The van der Waals surface area contributed by atoms with E-state index < -0.39 is 0 Å². The standard InChI is InChI=1S/C5H14N4O/c6-2-4-10-3-1-5(7)9-8/h1-4,6,8H2,(H2,7,9). The zero-order valence-corrected chi connectivity index (χ0v) is 5.92. The first-order chi connectivity index (χ1) is 4.81. The Labute approximate surface area is 60.2 Å². The normalized spacial score (nSPS) is 11.9. The van der Waals surface area contributed by atoms with Crippen LogP contribution in [0.2, 0.25) is 0 Å². The number of rotatable bonds is 5. The lowest BCUT2D eigenvalue weighted by molar-refractivity contribution is 0.148. The highest BCUT2D eigenvalue weighted by Crippen LogP contribution is 1.80. The van der Waals surface area contributed by atoms with Crippen LogP contribution < -0.4 is 17.3 Å². The van der Waals surface area contributed by atoms with E-state index in [2.05, 4.69) is 5.10 Å². The molecule has 0 spiro atoms. The van der Waals surface area contributed by atoms with Gasteiger partial charge in [-0.2, -0.15) is 5.10 Å². The minimum absolute atomic E-state index is 0.400. The monoisotopic (exact) mass is 146 g/mol. The van der Waals surface area contributed by atoms with Crippen LogP contribution in [0, 0.1) is 0 Å². The summed E-state index contributed by atoms with van der Waals surface area (Å²) in [5.74, 6) is 5.27. The summed E-state index contributed by atoms with van der Waals surface area (Å²) in [6.45, 7) is 1.61. The van der Waals surface area contributed by atoms with Crippen molar-refractivity contribution in [2.75, 3.05) is 19.8 Å². The lowest BCUT2D eigenvalue weighted by Gasteiger charge is -1.99. The topological polar surface area (TPSA) is 99.6 Å². The van der Waals surface area contributed by atoms with Gasteiger partial charge in [-0.1, -0.05) is 0 Å². The Morgan fingerprint density at radius 2 is 2.10 bits per heavy atom. The molecule has 0 aromatic rings. The third-order valence-corrected chi connectivity index (χ3v) is 0.931. The Morgan fingerprint density at radius 1 is 1.40 bits per heavy atom. The summed E-state index contributed by atoms with van der Waals surface area (Å²) in [5.41, 5.74) is 10.4. The van der Waals surface area contributed by atoms with Gasteiger partial charge in [-0.05, 0) is 0 Å². The average molecular weight is 146 g/mol. The van der Waals surface area contributed by atoms with E-state index in [9.17, 15) is 0 Å². The highest BCUT2D eigenvalue weighted by atomic mass is 16.5. The second-order valence-corrected chi connectivity index (χ2v) is 1.77. The van der Waals surface area contributed by atoms with Crippen LogP contribution in [0.3, 0.4) is 0 Å². The SMILES string of the molecule is NCCOCCC(N)=NN. The molecule has 0 unspecified atom stereocenters. The number of hydrogen-bond donors (Lipinski definition) is 3. The molecule has 0 rings (SSSR count). The third-order valence-electron chi connectivity index (χ3n) is 0.931. The molecular formula is C5H14N4O. The van der Waals surface area contributed by atoms with E-state index in [4.69, 9.17) is 22.0 Å². The quantitative estimate of drug-likeness (QED) is 0.146. The van der Waals surface area contributed by atoms with E-state index in [1.54, 1.807) is 0 Å². The van der Waals surface area contributed by atoms with Gasteiger partial charge >= 0.3 is 0 Å². The molecule has 6 N–H and O–H groups in total. The minimum atomic E-state index is 0.400. The Hall–Kier alpha value is -0.810. The van der Waals surface area contributed by atoms with Gasteiger partial charge < -0.3 is 22.0 Å². The van der Waals surface area contributed by atoms with Crippen molar-refractivity contribution in [1.29, 1.82) is 0 Å². The van der Waals surface area contributed by atoms with Gasteiger partial charge in [0.2, 0.25) is 0 Å². The van der Waals surface area contributed by atoms with E-state index in [0.717, 1.165) is 0 Å². The van der Waals surface area contributed by atoms with Crippen LogP contribution in [0.1, 0.15) is 6.42 Å². The molecule has 0 bridgehead atoms. The third kappa shape index (κ3) is 5.33. The van der Waals surface area contributed by atoms with Crippen LogP contribution in [-0.4, -0.2) is 25.6 Å². The number of ether oxygens (including phenoxy) is 1. The summed E-state index contributed by atoms with van der Waals surface area (Å²) in [7, 11) is 0. The van der Waals surface area contributed by atoms with Crippen LogP contribution in [-0.2, 0) is 4.74 Å². The Kier molecular flexibility index (Phi) is 5.80. The molecule has 5 heteroatoms. The molecule has 0 heterocycles. The van der Waals surface area contributed by atoms with E-state index >= 15 is 0 Å². The second kappa shape index (κ2) is 6.31. The van der Waals surface area contributed by atoms with Crippen molar-refractivity contribution in [2.24, 2.45) is 22.4 Å². The molecule has 0 aromatic carbocycles. The molecule has 0 amide bonds. The predicted octanol–water partition coefficient (Wildman–Crippen LogP) is -1.42. The summed E-state index contributed by atoms with van der Waals surface area (Å²) in [6, 6.07) is 0. The highest BCUT2D eigenvalue weighted by Gasteiger charge is 1.90. The van der Waals surface area contributed by atoms with Crippen molar-refractivity contribution in [1.82, 2.24) is 0 Å². The number of hydrogen-bond acceptors (Lipinski definition) is 4.